The second-order valence-corrected chi connectivity index (χ2v) is 8.46. The minimum Gasteiger partial charge on any atom is -0.373 e. The fourth-order valence-electron chi connectivity index (χ4n) is 3.76. The summed E-state index contributed by atoms with van der Waals surface area (Å²) in [5.74, 6) is -2.08. The van der Waals surface area contributed by atoms with Crippen molar-refractivity contribution in [2.45, 2.75) is 18.9 Å². The molecule has 4 aromatic rings. The number of imidazole rings is 1. The first-order chi connectivity index (χ1) is 17.3. The molecule has 0 aliphatic rings. The van der Waals surface area contributed by atoms with Crippen LogP contribution in [0.2, 0.25) is 0 Å². The second-order valence-electron chi connectivity index (χ2n) is 8.20. The van der Waals surface area contributed by atoms with Crippen LogP contribution in [0.4, 0.5) is 13.2 Å². The molecule has 1 aromatic heterocycles. The Morgan fingerprint density at radius 1 is 1.00 bits per heavy atom. The number of carbonyl (C=O) groups excluding carboxylic acids is 1. The summed E-state index contributed by atoms with van der Waals surface area (Å²) < 4.78 is 40.5. The Morgan fingerprint density at radius 2 is 1.64 bits per heavy atom. The third kappa shape index (κ3) is 6.04. The molecular formula is C26H23ClF3N5O. The van der Waals surface area contributed by atoms with Crippen molar-refractivity contribution < 1.29 is 18.0 Å². The van der Waals surface area contributed by atoms with Crippen molar-refractivity contribution in [3.8, 4) is 11.1 Å². The standard InChI is InChI=1S/C26H23ClF3N5O/c27-14-24(31)32-11-1-2-21(25-33-22-12-19(29)20(30)13-23(22)34-25)35-26(36)17-5-3-15(4-6-17)16-7-9-18(28)10-8-16/h3-10,12-13,21H,1-2,11,14H2,(H2,31,32)(H,33,34)(H,35,36). The highest BCUT2D eigenvalue weighted by atomic mass is 35.5. The summed E-state index contributed by atoms with van der Waals surface area (Å²) in [5.41, 5.74) is 2.61. The molecule has 1 atom stereocenters. The smallest absolute Gasteiger partial charge is 0.251 e. The molecule has 0 saturated heterocycles. The molecule has 186 valence electrons. The Bertz CT molecular complexity index is 1330. The zero-order chi connectivity index (χ0) is 25.7. The number of halogens is 4. The van der Waals surface area contributed by atoms with Crippen molar-refractivity contribution in [3.63, 3.8) is 0 Å². The largest absolute Gasteiger partial charge is 0.373 e. The number of aromatic nitrogens is 2. The number of carbonyl (C=O) groups is 1. The van der Waals surface area contributed by atoms with E-state index in [2.05, 4.69) is 20.6 Å². The average molecular weight is 514 g/mol. The quantitative estimate of drug-likeness (QED) is 0.1000. The van der Waals surface area contributed by atoms with Crippen molar-refractivity contribution in [1.82, 2.24) is 20.6 Å². The van der Waals surface area contributed by atoms with Gasteiger partial charge in [-0.2, -0.15) is 0 Å². The van der Waals surface area contributed by atoms with Crippen molar-refractivity contribution in [2.75, 3.05) is 12.4 Å². The normalized spacial score (nSPS) is 11.9. The van der Waals surface area contributed by atoms with E-state index in [4.69, 9.17) is 17.0 Å². The predicted molar refractivity (Wildman–Crippen MR) is 134 cm³/mol. The van der Waals surface area contributed by atoms with Crippen LogP contribution in [0.1, 0.15) is 35.1 Å². The topological polar surface area (TPSA) is 93.7 Å². The number of H-pyrrole nitrogens is 1. The van der Waals surface area contributed by atoms with Gasteiger partial charge in [-0.15, -0.1) is 11.6 Å². The van der Waals surface area contributed by atoms with E-state index in [0.717, 1.165) is 23.3 Å². The molecule has 0 fully saturated rings. The monoisotopic (exact) mass is 513 g/mol. The molecular weight excluding hydrogens is 491 g/mol. The van der Waals surface area contributed by atoms with Crippen LogP contribution in [-0.2, 0) is 0 Å². The number of amides is 1. The van der Waals surface area contributed by atoms with Crippen LogP contribution in [0.3, 0.4) is 0 Å². The molecule has 10 heteroatoms. The lowest BCUT2D eigenvalue weighted by Crippen LogP contribution is -2.31. The number of aromatic amines is 1. The maximum Gasteiger partial charge on any atom is 0.251 e. The first-order valence-electron chi connectivity index (χ1n) is 11.2. The Kier molecular flexibility index (Phi) is 7.90. The SMILES string of the molecule is N=C(CCl)NCCCC(NC(=O)c1ccc(-c2ccc(F)cc2)cc1)c1nc2cc(F)c(F)cc2[nH]1. The lowest BCUT2D eigenvalue weighted by atomic mass is 10.0. The Hall–Kier alpha value is -3.85. The number of amidine groups is 1. The van der Waals surface area contributed by atoms with Gasteiger partial charge in [-0.05, 0) is 48.2 Å². The van der Waals surface area contributed by atoms with Crippen LogP contribution < -0.4 is 10.6 Å². The van der Waals surface area contributed by atoms with Crippen LogP contribution in [0.5, 0.6) is 0 Å². The molecule has 0 bridgehead atoms. The summed E-state index contributed by atoms with van der Waals surface area (Å²) in [4.78, 5) is 20.4. The molecule has 36 heavy (non-hydrogen) atoms. The molecule has 0 aliphatic carbocycles. The average Bonchev–Trinajstić information content (AvgIpc) is 3.28. The van der Waals surface area contributed by atoms with Crippen molar-refractivity contribution in [2.24, 2.45) is 0 Å². The molecule has 3 aromatic carbocycles. The predicted octanol–water partition coefficient (Wildman–Crippen LogP) is 5.70. The molecule has 0 radical (unpaired) electrons. The van der Waals surface area contributed by atoms with E-state index in [9.17, 15) is 18.0 Å². The number of alkyl halides is 1. The summed E-state index contributed by atoms with van der Waals surface area (Å²) in [6, 6.07) is 14.4. The molecule has 0 aliphatic heterocycles. The number of benzene rings is 3. The van der Waals surface area contributed by atoms with Gasteiger partial charge in [0.05, 0.1) is 23.0 Å². The Labute approximate surface area is 210 Å². The summed E-state index contributed by atoms with van der Waals surface area (Å²) in [7, 11) is 0. The fourth-order valence-corrected chi connectivity index (χ4v) is 3.85. The zero-order valence-electron chi connectivity index (χ0n) is 19.0. The van der Waals surface area contributed by atoms with Crippen LogP contribution in [0.25, 0.3) is 22.2 Å². The molecule has 6 nitrogen and oxygen atoms in total. The van der Waals surface area contributed by atoms with Crippen molar-refractivity contribution in [1.29, 1.82) is 5.41 Å². The lowest BCUT2D eigenvalue weighted by Gasteiger charge is -2.17. The lowest BCUT2D eigenvalue weighted by molar-refractivity contribution is 0.0932. The van der Waals surface area contributed by atoms with Gasteiger partial charge in [-0.1, -0.05) is 24.3 Å². The van der Waals surface area contributed by atoms with Gasteiger partial charge in [0, 0.05) is 24.2 Å². The molecule has 4 N–H and O–H groups in total. The molecule has 1 amide bonds. The third-order valence-electron chi connectivity index (χ3n) is 5.64. The highest BCUT2D eigenvalue weighted by molar-refractivity contribution is 6.27. The minimum atomic E-state index is -1.01. The number of hydrogen-bond acceptors (Lipinski definition) is 3. The summed E-state index contributed by atoms with van der Waals surface area (Å²) >= 11 is 5.62. The van der Waals surface area contributed by atoms with Gasteiger partial charge in [-0.25, -0.2) is 18.2 Å². The van der Waals surface area contributed by atoms with Crippen molar-refractivity contribution in [3.05, 3.63) is 89.5 Å². The van der Waals surface area contributed by atoms with E-state index in [1.807, 2.05) is 0 Å². The maximum absolute atomic E-state index is 13.7. The van der Waals surface area contributed by atoms with Gasteiger partial charge < -0.3 is 15.6 Å². The summed E-state index contributed by atoms with van der Waals surface area (Å²) in [6.45, 7) is 0.452. The van der Waals surface area contributed by atoms with Crippen LogP contribution in [0.15, 0.2) is 60.7 Å². The number of rotatable bonds is 9. The Morgan fingerprint density at radius 3 is 2.31 bits per heavy atom. The molecule has 1 heterocycles. The molecule has 0 saturated carbocycles. The molecule has 0 spiro atoms. The van der Waals surface area contributed by atoms with Gasteiger partial charge >= 0.3 is 0 Å². The van der Waals surface area contributed by atoms with E-state index in [1.54, 1.807) is 36.4 Å². The summed E-state index contributed by atoms with van der Waals surface area (Å²) in [6.07, 6.45) is 1.00. The second kappa shape index (κ2) is 11.3. The van der Waals surface area contributed by atoms with Gasteiger partial charge in [-0.3, -0.25) is 10.2 Å². The van der Waals surface area contributed by atoms with Crippen LogP contribution in [-0.4, -0.2) is 34.1 Å². The minimum absolute atomic E-state index is 0.0643. The van der Waals surface area contributed by atoms with E-state index in [1.165, 1.54) is 12.1 Å². The summed E-state index contributed by atoms with van der Waals surface area (Å²) in [5, 5.41) is 13.4. The third-order valence-corrected chi connectivity index (χ3v) is 5.91. The fraction of sp³-hybridized carbons (Fsp3) is 0.192. The number of nitrogens with zero attached hydrogens (tertiary/aromatic N) is 1. The maximum atomic E-state index is 13.7. The van der Waals surface area contributed by atoms with Gasteiger partial charge in [0.2, 0.25) is 0 Å². The van der Waals surface area contributed by atoms with Gasteiger partial charge in [0.15, 0.2) is 11.6 Å². The van der Waals surface area contributed by atoms with Gasteiger partial charge in [0.1, 0.15) is 17.5 Å². The van der Waals surface area contributed by atoms with E-state index < -0.39 is 17.7 Å². The zero-order valence-corrected chi connectivity index (χ0v) is 19.8. The highest BCUT2D eigenvalue weighted by Gasteiger charge is 2.20. The highest BCUT2D eigenvalue weighted by Crippen LogP contribution is 2.24. The number of fused-ring (bicyclic) bond motifs is 1. The number of nitrogens with one attached hydrogen (secondary N) is 4. The first-order valence-corrected chi connectivity index (χ1v) is 11.8. The Balaban J connectivity index is 1.52. The van der Waals surface area contributed by atoms with Crippen molar-refractivity contribution >= 4 is 34.4 Å². The van der Waals surface area contributed by atoms with E-state index in [0.29, 0.717) is 36.3 Å². The van der Waals surface area contributed by atoms with E-state index in [-0.39, 0.29) is 29.0 Å². The number of hydrogen-bond donors (Lipinski definition) is 4. The first kappa shape index (κ1) is 25.2. The van der Waals surface area contributed by atoms with Crippen LogP contribution in [0, 0.1) is 22.9 Å². The molecule has 1 unspecified atom stereocenters. The molecule has 4 rings (SSSR count). The van der Waals surface area contributed by atoms with Crippen LogP contribution >= 0.6 is 11.6 Å². The van der Waals surface area contributed by atoms with Gasteiger partial charge in [0.25, 0.3) is 5.91 Å². The van der Waals surface area contributed by atoms with E-state index >= 15 is 0 Å².